The minimum Gasteiger partial charge on any atom is -0.508 e. The molecule has 0 saturated carbocycles. The van der Waals surface area contributed by atoms with Gasteiger partial charge in [0, 0.05) is 20.2 Å². The van der Waals surface area contributed by atoms with Crippen LogP contribution in [0.5, 0.6) is 5.75 Å². The molecule has 2 heterocycles. The SMILES string of the molecule is CN1C(=O)c2cc([N+](=O)[O-])cnc2N(C)C1c1ccc(O)cc1. The predicted molar refractivity (Wildman–Crippen MR) is 82.2 cm³/mol. The molecular formula is C15H14N4O4. The van der Waals surface area contributed by atoms with E-state index in [9.17, 15) is 20.0 Å². The normalized spacial score (nSPS) is 17.1. The molecule has 1 N–H and O–H groups in total. The molecular weight excluding hydrogens is 300 g/mol. The van der Waals surface area contributed by atoms with Crippen LogP contribution in [0.15, 0.2) is 36.5 Å². The fourth-order valence-corrected chi connectivity index (χ4v) is 2.76. The number of nitro groups is 1. The molecule has 1 aromatic carbocycles. The number of carbonyl (C=O) groups excluding carboxylic acids is 1. The molecule has 0 bridgehead atoms. The zero-order valence-electron chi connectivity index (χ0n) is 12.5. The zero-order chi connectivity index (χ0) is 16.7. The molecule has 0 aliphatic carbocycles. The monoisotopic (exact) mass is 314 g/mol. The van der Waals surface area contributed by atoms with Crippen LogP contribution in [0.1, 0.15) is 22.1 Å². The summed E-state index contributed by atoms with van der Waals surface area (Å²) in [5.41, 5.74) is 0.771. The number of hydrogen-bond donors (Lipinski definition) is 1. The van der Waals surface area contributed by atoms with Gasteiger partial charge in [0.05, 0.1) is 10.5 Å². The minimum absolute atomic E-state index is 0.135. The highest BCUT2D eigenvalue weighted by atomic mass is 16.6. The van der Waals surface area contributed by atoms with Crippen LogP contribution < -0.4 is 4.90 Å². The van der Waals surface area contributed by atoms with E-state index in [-0.39, 0.29) is 22.9 Å². The van der Waals surface area contributed by atoms with E-state index in [1.54, 1.807) is 43.3 Å². The van der Waals surface area contributed by atoms with Crippen molar-refractivity contribution in [2.75, 3.05) is 19.0 Å². The average molecular weight is 314 g/mol. The number of phenolic OH excluding ortho intramolecular Hbond substituents is 1. The first-order valence-corrected chi connectivity index (χ1v) is 6.83. The van der Waals surface area contributed by atoms with E-state index >= 15 is 0 Å². The molecule has 23 heavy (non-hydrogen) atoms. The van der Waals surface area contributed by atoms with E-state index < -0.39 is 11.1 Å². The van der Waals surface area contributed by atoms with Gasteiger partial charge in [-0.2, -0.15) is 0 Å². The summed E-state index contributed by atoms with van der Waals surface area (Å²) in [6, 6.07) is 7.76. The lowest BCUT2D eigenvalue weighted by Crippen LogP contribution is -2.46. The van der Waals surface area contributed by atoms with Crippen LogP contribution in [0.3, 0.4) is 0 Å². The molecule has 1 aliphatic heterocycles. The largest absolute Gasteiger partial charge is 0.508 e. The Balaban J connectivity index is 2.09. The molecule has 0 fully saturated rings. The summed E-state index contributed by atoms with van der Waals surface area (Å²) in [7, 11) is 3.39. The highest BCUT2D eigenvalue weighted by Gasteiger charge is 2.36. The first-order chi connectivity index (χ1) is 10.9. The maximum atomic E-state index is 12.6. The highest BCUT2D eigenvalue weighted by Crippen LogP contribution is 2.36. The van der Waals surface area contributed by atoms with Crippen LogP contribution in [-0.4, -0.2) is 39.9 Å². The van der Waals surface area contributed by atoms with Crippen LogP contribution in [0.2, 0.25) is 0 Å². The second kappa shape index (κ2) is 5.24. The fraction of sp³-hybridized carbons (Fsp3) is 0.200. The number of aromatic nitrogens is 1. The van der Waals surface area contributed by atoms with Gasteiger partial charge in [0.2, 0.25) is 0 Å². The van der Waals surface area contributed by atoms with E-state index in [0.717, 1.165) is 11.8 Å². The number of carbonyl (C=O) groups is 1. The lowest BCUT2D eigenvalue weighted by Gasteiger charge is -2.41. The van der Waals surface area contributed by atoms with Gasteiger partial charge in [-0.25, -0.2) is 4.98 Å². The average Bonchev–Trinajstić information content (AvgIpc) is 2.54. The fourth-order valence-electron chi connectivity index (χ4n) is 2.76. The summed E-state index contributed by atoms with van der Waals surface area (Å²) in [5, 5.41) is 20.3. The Morgan fingerprint density at radius 3 is 2.48 bits per heavy atom. The third-order valence-electron chi connectivity index (χ3n) is 3.87. The smallest absolute Gasteiger partial charge is 0.288 e. The number of anilines is 1. The Bertz CT molecular complexity index is 791. The van der Waals surface area contributed by atoms with E-state index in [0.29, 0.717) is 5.82 Å². The van der Waals surface area contributed by atoms with Gasteiger partial charge in [0.15, 0.2) is 0 Å². The van der Waals surface area contributed by atoms with E-state index in [1.807, 2.05) is 0 Å². The number of pyridine rings is 1. The molecule has 8 heteroatoms. The highest BCUT2D eigenvalue weighted by molar-refractivity contribution is 6.01. The van der Waals surface area contributed by atoms with Crippen LogP contribution in [0.25, 0.3) is 0 Å². The Morgan fingerprint density at radius 2 is 1.87 bits per heavy atom. The van der Waals surface area contributed by atoms with Gasteiger partial charge in [-0.1, -0.05) is 12.1 Å². The molecule has 2 aromatic rings. The molecule has 1 aliphatic rings. The number of aromatic hydroxyl groups is 1. The van der Waals surface area contributed by atoms with Gasteiger partial charge in [-0.3, -0.25) is 14.9 Å². The Morgan fingerprint density at radius 1 is 1.22 bits per heavy atom. The number of hydrogen-bond acceptors (Lipinski definition) is 6. The summed E-state index contributed by atoms with van der Waals surface area (Å²) >= 11 is 0. The summed E-state index contributed by atoms with van der Waals surface area (Å²) in [6.45, 7) is 0. The quantitative estimate of drug-likeness (QED) is 0.671. The predicted octanol–water partition coefficient (Wildman–Crippen LogP) is 1.92. The number of benzene rings is 1. The Labute approximate surface area is 131 Å². The van der Waals surface area contributed by atoms with Crippen LogP contribution >= 0.6 is 0 Å². The van der Waals surface area contributed by atoms with Gasteiger partial charge in [0.1, 0.15) is 23.9 Å². The minimum atomic E-state index is -0.577. The third-order valence-corrected chi connectivity index (χ3v) is 3.87. The standard InChI is InChI=1S/C15H14N4O4/c1-17-13-12(7-10(8-16-13)19(22)23)15(21)18(2)14(17)9-3-5-11(20)6-4-9/h3-8,14,20H,1-2H3. The van der Waals surface area contributed by atoms with Crippen LogP contribution in [-0.2, 0) is 0 Å². The Kier molecular flexibility index (Phi) is 3.36. The number of rotatable bonds is 2. The molecule has 0 radical (unpaired) electrons. The lowest BCUT2D eigenvalue weighted by atomic mass is 10.0. The summed E-state index contributed by atoms with van der Waals surface area (Å²) < 4.78 is 0. The van der Waals surface area contributed by atoms with Crippen molar-refractivity contribution < 1.29 is 14.8 Å². The third kappa shape index (κ3) is 2.33. The lowest BCUT2D eigenvalue weighted by molar-refractivity contribution is -0.385. The van der Waals surface area contributed by atoms with Crippen LogP contribution in [0.4, 0.5) is 11.5 Å². The van der Waals surface area contributed by atoms with Crippen molar-refractivity contribution in [1.29, 1.82) is 0 Å². The Hall–Kier alpha value is -3.16. The molecule has 8 nitrogen and oxygen atoms in total. The van der Waals surface area contributed by atoms with Gasteiger partial charge >= 0.3 is 0 Å². The molecule has 0 spiro atoms. The van der Waals surface area contributed by atoms with E-state index in [2.05, 4.69) is 4.98 Å². The maximum Gasteiger partial charge on any atom is 0.288 e. The van der Waals surface area contributed by atoms with E-state index in [4.69, 9.17) is 0 Å². The van der Waals surface area contributed by atoms with Gasteiger partial charge in [-0.05, 0) is 17.7 Å². The number of fused-ring (bicyclic) bond motifs is 1. The van der Waals surface area contributed by atoms with Crippen molar-refractivity contribution >= 4 is 17.4 Å². The molecule has 3 rings (SSSR count). The van der Waals surface area contributed by atoms with Crippen molar-refractivity contribution in [1.82, 2.24) is 9.88 Å². The number of phenols is 1. The molecule has 1 amide bonds. The number of amides is 1. The second-order valence-corrected chi connectivity index (χ2v) is 5.31. The van der Waals surface area contributed by atoms with Crippen molar-refractivity contribution in [3.05, 3.63) is 57.8 Å². The summed E-state index contributed by atoms with van der Waals surface area (Å²) in [4.78, 5) is 30.2. The van der Waals surface area contributed by atoms with Crippen LogP contribution in [0, 0.1) is 10.1 Å². The number of nitrogens with zero attached hydrogens (tertiary/aromatic N) is 4. The maximum absolute atomic E-state index is 12.6. The molecule has 118 valence electrons. The summed E-state index contributed by atoms with van der Waals surface area (Å²) in [5.74, 6) is 0.180. The van der Waals surface area contributed by atoms with Crippen molar-refractivity contribution in [2.24, 2.45) is 0 Å². The zero-order valence-corrected chi connectivity index (χ0v) is 12.5. The molecule has 1 atom stereocenters. The van der Waals surface area contributed by atoms with Gasteiger partial charge in [-0.15, -0.1) is 0 Å². The van der Waals surface area contributed by atoms with Gasteiger partial charge in [0.25, 0.3) is 11.6 Å². The van der Waals surface area contributed by atoms with Crippen molar-refractivity contribution in [3.8, 4) is 5.75 Å². The first-order valence-electron chi connectivity index (χ1n) is 6.83. The second-order valence-electron chi connectivity index (χ2n) is 5.31. The molecule has 1 aromatic heterocycles. The summed E-state index contributed by atoms with van der Waals surface area (Å²) in [6.07, 6.45) is 0.728. The van der Waals surface area contributed by atoms with Gasteiger partial charge < -0.3 is 14.9 Å². The topological polar surface area (TPSA) is 99.8 Å². The molecule has 1 unspecified atom stereocenters. The van der Waals surface area contributed by atoms with Crippen molar-refractivity contribution in [2.45, 2.75) is 6.17 Å². The molecule has 0 saturated heterocycles. The van der Waals surface area contributed by atoms with E-state index in [1.165, 1.54) is 11.0 Å². The van der Waals surface area contributed by atoms with Crippen molar-refractivity contribution in [3.63, 3.8) is 0 Å². The first kappa shape index (κ1) is 14.8.